The lowest BCUT2D eigenvalue weighted by Gasteiger charge is -2.15. The Hall–Kier alpha value is -2.77. The molecule has 2 heterocycles. The van der Waals surface area contributed by atoms with E-state index in [1.807, 2.05) is 4.90 Å². The molecule has 138 valence electrons. The monoisotopic (exact) mass is 360 g/mol. The maximum atomic E-state index is 13.7. The molecule has 0 bridgehead atoms. The van der Waals surface area contributed by atoms with Crippen LogP contribution in [0.25, 0.3) is 11.4 Å². The number of carbonyl (C=O) groups excluding carboxylic acids is 2. The minimum Gasteiger partial charge on any atom is -0.356 e. The molecule has 1 aromatic heterocycles. The zero-order chi connectivity index (χ0) is 18.4. The first kappa shape index (κ1) is 18.0. The van der Waals surface area contributed by atoms with Gasteiger partial charge < -0.3 is 14.7 Å². The Kier molecular flexibility index (Phi) is 5.93. The highest BCUT2D eigenvalue weighted by Gasteiger charge is 2.19. The van der Waals surface area contributed by atoms with Gasteiger partial charge in [-0.3, -0.25) is 9.59 Å². The lowest BCUT2D eigenvalue weighted by atomic mass is 10.2. The number of likely N-dealkylation sites (tertiary alicyclic amines) is 1. The van der Waals surface area contributed by atoms with Crippen LogP contribution in [-0.4, -0.2) is 46.5 Å². The van der Waals surface area contributed by atoms with Crippen LogP contribution in [0, 0.1) is 5.82 Å². The Bertz CT molecular complexity index is 777. The van der Waals surface area contributed by atoms with E-state index in [1.54, 1.807) is 18.2 Å². The molecule has 0 spiro atoms. The molecule has 0 aliphatic carbocycles. The van der Waals surface area contributed by atoms with E-state index < -0.39 is 5.82 Å². The number of hydrogen-bond donors (Lipinski definition) is 1. The smallest absolute Gasteiger partial charge is 0.227 e. The van der Waals surface area contributed by atoms with Crippen molar-refractivity contribution in [3.8, 4) is 11.4 Å². The van der Waals surface area contributed by atoms with Crippen molar-refractivity contribution in [1.82, 2.24) is 20.4 Å². The molecule has 0 atom stereocenters. The van der Waals surface area contributed by atoms with Crippen molar-refractivity contribution >= 4 is 11.8 Å². The van der Waals surface area contributed by atoms with E-state index in [2.05, 4.69) is 15.5 Å². The second-order valence-corrected chi connectivity index (χ2v) is 6.18. The van der Waals surface area contributed by atoms with Crippen molar-refractivity contribution in [3.05, 3.63) is 36.0 Å². The van der Waals surface area contributed by atoms with Crippen molar-refractivity contribution in [2.24, 2.45) is 0 Å². The van der Waals surface area contributed by atoms with Gasteiger partial charge in [-0.25, -0.2) is 4.39 Å². The molecule has 8 heteroatoms. The highest BCUT2D eigenvalue weighted by atomic mass is 19.1. The van der Waals surface area contributed by atoms with E-state index in [0.717, 1.165) is 19.4 Å². The highest BCUT2D eigenvalue weighted by Crippen LogP contribution is 2.19. The summed E-state index contributed by atoms with van der Waals surface area (Å²) in [6.45, 7) is 2.01. The molecule has 26 heavy (non-hydrogen) atoms. The SMILES string of the molecule is O=C(CCc1nc(-c2ccccc2F)no1)NCCCN1CCCC1=O. The van der Waals surface area contributed by atoms with Gasteiger partial charge in [0.2, 0.25) is 23.5 Å². The summed E-state index contributed by atoms with van der Waals surface area (Å²) in [6.07, 6.45) is 2.78. The van der Waals surface area contributed by atoms with Gasteiger partial charge in [-0.1, -0.05) is 17.3 Å². The molecule has 0 unspecified atom stereocenters. The third-order valence-electron chi connectivity index (χ3n) is 4.25. The molecule has 2 aromatic rings. The minimum atomic E-state index is -0.422. The fourth-order valence-corrected chi connectivity index (χ4v) is 2.86. The fraction of sp³-hybridized carbons (Fsp3) is 0.444. The van der Waals surface area contributed by atoms with Gasteiger partial charge in [0.25, 0.3) is 0 Å². The first-order valence-corrected chi connectivity index (χ1v) is 8.75. The summed E-state index contributed by atoms with van der Waals surface area (Å²) in [5.41, 5.74) is 0.267. The van der Waals surface area contributed by atoms with Crippen LogP contribution in [0.3, 0.4) is 0 Å². The molecular formula is C18H21FN4O3. The Morgan fingerprint density at radius 3 is 2.96 bits per heavy atom. The van der Waals surface area contributed by atoms with E-state index in [1.165, 1.54) is 6.07 Å². The number of benzene rings is 1. The second-order valence-electron chi connectivity index (χ2n) is 6.18. The van der Waals surface area contributed by atoms with Crippen LogP contribution in [0.2, 0.25) is 0 Å². The van der Waals surface area contributed by atoms with Gasteiger partial charge in [-0.05, 0) is 25.0 Å². The molecule has 1 aliphatic rings. The maximum Gasteiger partial charge on any atom is 0.227 e. The van der Waals surface area contributed by atoms with Crippen LogP contribution in [0.15, 0.2) is 28.8 Å². The van der Waals surface area contributed by atoms with Gasteiger partial charge in [0.1, 0.15) is 5.82 Å². The van der Waals surface area contributed by atoms with Gasteiger partial charge in [0.05, 0.1) is 5.56 Å². The second kappa shape index (κ2) is 8.55. The predicted molar refractivity (Wildman–Crippen MR) is 91.5 cm³/mol. The van der Waals surface area contributed by atoms with Gasteiger partial charge in [0, 0.05) is 38.9 Å². The van der Waals surface area contributed by atoms with Crippen LogP contribution in [0.5, 0.6) is 0 Å². The lowest BCUT2D eigenvalue weighted by Crippen LogP contribution is -2.30. The first-order chi connectivity index (χ1) is 12.6. The van der Waals surface area contributed by atoms with Crippen LogP contribution in [0.4, 0.5) is 4.39 Å². The summed E-state index contributed by atoms with van der Waals surface area (Å²) in [7, 11) is 0. The van der Waals surface area contributed by atoms with Crippen LogP contribution >= 0.6 is 0 Å². The Balaban J connectivity index is 1.38. The third-order valence-corrected chi connectivity index (χ3v) is 4.25. The summed E-state index contributed by atoms with van der Waals surface area (Å²) in [4.78, 5) is 29.3. The van der Waals surface area contributed by atoms with Gasteiger partial charge >= 0.3 is 0 Å². The Morgan fingerprint density at radius 2 is 2.19 bits per heavy atom. The number of rotatable bonds is 8. The quantitative estimate of drug-likeness (QED) is 0.727. The van der Waals surface area contributed by atoms with E-state index in [9.17, 15) is 14.0 Å². The van der Waals surface area contributed by atoms with E-state index in [-0.39, 0.29) is 36.0 Å². The molecule has 3 rings (SSSR count). The third kappa shape index (κ3) is 4.65. The molecule has 1 N–H and O–H groups in total. The number of hydrogen-bond acceptors (Lipinski definition) is 5. The average molecular weight is 360 g/mol. The molecule has 1 fully saturated rings. The lowest BCUT2D eigenvalue weighted by molar-refractivity contribution is -0.127. The number of amides is 2. The molecule has 0 radical (unpaired) electrons. The summed E-state index contributed by atoms with van der Waals surface area (Å²) < 4.78 is 18.8. The maximum absolute atomic E-state index is 13.7. The molecule has 0 saturated carbocycles. The highest BCUT2D eigenvalue weighted by molar-refractivity contribution is 5.78. The number of halogens is 1. The van der Waals surface area contributed by atoms with Crippen molar-refractivity contribution in [2.45, 2.75) is 32.1 Å². The molecule has 2 amide bonds. The fourth-order valence-electron chi connectivity index (χ4n) is 2.86. The topological polar surface area (TPSA) is 88.3 Å². The normalized spacial score (nSPS) is 14.0. The number of nitrogens with one attached hydrogen (secondary N) is 1. The van der Waals surface area contributed by atoms with Gasteiger partial charge in [0.15, 0.2) is 0 Å². The van der Waals surface area contributed by atoms with Crippen LogP contribution < -0.4 is 5.32 Å². The zero-order valence-electron chi connectivity index (χ0n) is 14.4. The first-order valence-electron chi connectivity index (χ1n) is 8.75. The van der Waals surface area contributed by atoms with Gasteiger partial charge in [-0.2, -0.15) is 4.98 Å². The molecule has 1 aromatic carbocycles. The van der Waals surface area contributed by atoms with Crippen LogP contribution in [-0.2, 0) is 16.0 Å². The minimum absolute atomic E-state index is 0.122. The van der Waals surface area contributed by atoms with E-state index in [4.69, 9.17) is 4.52 Å². The van der Waals surface area contributed by atoms with E-state index >= 15 is 0 Å². The van der Waals surface area contributed by atoms with Crippen molar-refractivity contribution in [2.75, 3.05) is 19.6 Å². The van der Waals surface area contributed by atoms with Crippen molar-refractivity contribution < 1.29 is 18.5 Å². The van der Waals surface area contributed by atoms with Crippen molar-refractivity contribution in [3.63, 3.8) is 0 Å². The Labute approximate surface area is 150 Å². The van der Waals surface area contributed by atoms with E-state index in [0.29, 0.717) is 25.4 Å². The summed E-state index contributed by atoms with van der Waals surface area (Å²) in [5, 5.41) is 6.57. The summed E-state index contributed by atoms with van der Waals surface area (Å²) in [5.74, 6) is 0.116. The number of aromatic nitrogens is 2. The van der Waals surface area contributed by atoms with Gasteiger partial charge in [-0.15, -0.1) is 0 Å². The summed E-state index contributed by atoms with van der Waals surface area (Å²) >= 11 is 0. The standard InChI is InChI=1S/C18H21FN4O3/c19-14-6-2-1-5-13(14)18-21-16(26-22-18)9-8-15(24)20-10-4-12-23-11-3-7-17(23)25/h1-2,5-6H,3-4,7-12H2,(H,20,24). The Morgan fingerprint density at radius 1 is 1.35 bits per heavy atom. The predicted octanol–water partition coefficient (Wildman–Crippen LogP) is 1.94. The van der Waals surface area contributed by atoms with Crippen molar-refractivity contribution in [1.29, 1.82) is 0 Å². The largest absolute Gasteiger partial charge is 0.356 e. The molecule has 1 aliphatic heterocycles. The molecule has 7 nitrogen and oxygen atoms in total. The summed E-state index contributed by atoms with van der Waals surface area (Å²) in [6, 6.07) is 6.18. The number of nitrogens with zero attached hydrogens (tertiary/aromatic N) is 3. The average Bonchev–Trinajstić information content (AvgIpc) is 3.26. The molecular weight excluding hydrogens is 339 g/mol. The number of carbonyl (C=O) groups is 2. The van der Waals surface area contributed by atoms with Crippen LogP contribution in [0.1, 0.15) is 31.6 Å². The zero-order valence-corrected chi connectivity index (χ0v) is 14.4. The number of aryl methyl sites for hydroxylation is 1. The molecule has 1 saturated heterocycles.